The Bertz CT molecular complexity index is 1230. The second-order valence-electron chi connectivity index (χ2n) is 8.21. The first-order chi connectivity index (χ1) is 14.6. The van der Waals surface area contributed by atoms with E-state index in [1.54, 1.807) is 24.5 Å². The van der Waals surface area contributed by atoms with Gasteiger partial charge in [-0.15, -0.1) is 5.10 Å². The molecule has 0 bridgehead atoms. The number of aromatic nitrogens is 5. The molecule has 1 fully saturated rings. The number of carbonyl (C=O) groups excluding carboxylic acids is 1. The van der Waals surface area contributed by atoms with Crippen molar-refractivity contribution in [1.29, 1.82) is 0 Å². The van der Waals surface area contributed by atoms with E-state index >= 15 is 0 Å². The number of hydrogen-bond acceptors (Lipinski definition) is 5. The third kappa shape index (κ3) is 3.20. The predicted molar refractivity (Wildman–Crippen MR) is 114 cm³/mol. The molecule has 0 atom stereocenters. The standard InChI is InChI=1S/C23H24N6O/c1-15-11-16(2)21-18(12-15)13-19(22-25-26-27-29(21)22)14-28(20-5-3-4-6-20)23(30)17-7-9-24-10-8-17/h7-13,20H,3-6,14H2,1-2H3. The first-order valence-corrected chi connectivity index (χ1v) is 10.4. The average Bonchev–Trinajstić information content (AvgIpc) is 3.44. The minimum atomic E-state index is 0.0374. The maximum atomic E-state index is 13.4. The van der Waals surface area contributed by atoms with Crippen LogP contribution >= 0.6 is 0 Å². The summed E-state index contributed by atoms with van der Waals surface area (Å²) in [5.41, 5.74) is 5.68. The second-order valence-corrected chi connectivity index (χ2v) is 8.21. The molecule has 152 valence electrons. The van der Waals surface area contributed by atoms with Crippen molar-refractivity contribution in [1.82, 2.24) is 29.9 Å². The molecular formula is C23H24N6O. The number of rotatable bonds is 4. The summed E-state index contributed by atoms with van der Waals surface area (Å²) >= 11 is 0. The summed E-state index contributed by atoms with van der Waals surface area (Å²) in [6.45, 7) is 4.65. The molecule has 7 nitrogen and oxygen atoms in total. The van der Waals surface area contributed by atoms with Gasteiger partial charge in [-0.25, -0.2) is 0 Å². The van der Waals surface area contributed by atoms with E-state index in [0.717, 1.165) is 47.7 Å². The van der Waals surface area contributed by atoms with E-state index in [-0.39, 0.29) is 11.9 Å². The van der Waals surface area contributed by atoms with Gasteiger partial charge < -0.3 is 4.90 Å². The van der Waals surface area contributed by atoms with Crippen molar-refractivity contribution in [2.24, 2.45) is 0 Å². The monoisotopic (exact) mass is 400 g/mol. The highest BCUT2D eigenvalue weighted by Crippen LogP contribution is 2.29. The van der Waals surface area contributed by atoms with Gasteiger partial charge in [0.05, 0.1) is 12.1 Å². The molecule has 0 radical (unpaired) electrons. The van der Waals surface area contributed by atoms with Gasteiger partial charge in [0.2, 0.25) is 0 Å². The van der Waals surface area contributed by atoms with Crippen LogP contribution in [0.15, 0.2) is 42.7 Å². The molecule has 0 saturated heterocycles. The van der Waals surface area contributed by atoms with Crippen LogP contribution in [0.4, 0.5) is 0 Å². The summed E-state index contributed by atoms with van der Waals surface area (Å²) < 4.78 is 1.81. The molecule has 1 amide bonds. The fourth-order valence-electron chi connectivity index (χ4n) is 4.73. The van der Waals surface area contributed by atoms with E-state index in [2.05, 4.69) is 52.6 Å². The third-order valence-electron chi connectivity index (χ3n) is 6.07. The number of pyridine rings is 2. The topological polar surface area (TPSA) is 76.3 Å². The number of fused-ring (bicyclic) bond motifs is 3. The highest BCUT2D eigenvalue weighted by atomic mass is 16.2. The van der Waals surface area contributed by atoms with Crippen LogP contribution in [0.1, 0.15) is 52.7 Å². The van der Waals surface area contributed by atoms with Gasteiger partial charge >= 0.3 is 0 Å². The number of tetrazole rings is 1. The number of carbonyl (C=O) groups is 1. The molecule has 1 aliphatic rings. The van der Waals surface area contributed by atoms with Gasteiger partial charge in [-0.2, -0.15) is 4.52 Å². The maximum Gasteiger partial charge on any atom is 0.254 e. The Balaban J connectivity index is 1.62. The minimum absolute atomic E-state index is 0.0374. The molecule has 0 unspecified atom stereocenters. The Morgan fingerprint density at radius 1 is 1.13 bits per heavy atom. The summed E-state index contributed by atoms with van der Waals surface area (Å²) in [6.07, 6.45) is 7.71. The lowest BCUT2D eigenvalue weighted by molar-refractivity contribution is 0.0665. The van der Waals surface area contributed by atoms with E-state index in [1.807, 2.05) is 9.42 Å². The SMILES string of the molecule is Cc1cc(C)c2c(c1)cc(CN(C(=O)c1ccncc1)C1CCCC1)c1nnnn12. The zero-order chi connectivity index (χ0) is 20.7. The maximum absolute atomic E-state index is 13.4. The molecule has 30 heavy (non-hydrogen) atoms. The highest BCUT2D eigenvalue weighted by molar-refractivity contribution is 5.94. The smallest absolute Gasteiger partial charge is 0.254 e. The van der Waals surface area contributed by atoms with Crippen LogP contribution in [0, 0.1) is 13.8 Å². The number of aryl methyl sites for hydroxylation is 2. The van der Waals surface area contributed by atoms with Gasteiger partial charge in [0.25, 0.3) is 5.91 Å². The molecule has 7 heteroatoms. The van der Waals surface area contributed by atoms with E-state index in [0.29, 0.717) is 17.8 Å². The number of nitrogens with zero attached hydrogens (tertiary/aromatic N) is 6. The van der Waals surface area contributed by atoms with Crippen molar-refractivity contribution in [2.75, 3.05) is 0 Å². The molecular weight excluding hydrogens is 376 g/mol. The van der Waals surface area contributed by atoms with Gasteiger partial charge in [-0.1, -0.05) is 24.5 Å². The van der Waals surface area contributed by atoms with Crippen LogP contribution in [0.3, 0.4) is 0 Å². The molecule has 1 saturated carbocycles. The highest BCUT2D eigenvalue weighted by Gasteiger charge is 2.28. The Morgan fingerprint density at radius 3 is 2.67 bits per heavy atom. The van der Waals surface area contributed by atoms with Crippen molar-refractivity contribution in [2.45, 2.75) is 52.1 Å². The van der Waals surface area contributed by atoms with Crippen molar-refractivity contribution < 1.29 is 4.79 Å². The largest absolute Gasteiger partial charge is 0.331 e. The van der Waals surface area contributed by atoms with Crippen LogP contribution in [0.25, 0.3) is 16.6 Å². The summed E-state index contributed by atoms with van der Waals surface area (Å²) in [5.74, 6) is 0.0374. The molecule has 1 aliphatic carbocycles. The number of amides is 1. The summed E-state index contributed by atoms with van der Waals surface area (Å²) in [7, 11) is 0. The van der Waals surface area contributed by atoms with Crippen LogP contribution in [-0.4, -0.2) is 41.9 Å². The predicted octanol–water partition coefficient (Wildman–Crippen LogP) is 3.87. The molecule has 0 N–H and O–H groups in total. The van der Waals surface area contributed by atoms with Crippen molar-refractivity contribution in [3.05, 3.63) is 65.0 Å². The number of benzene rings is 1. The lowest BCUT2D eigenvalue weighted by Gasteiger charge is -2.29. The molecule has 3 heterocycles. The number of hydrogen-bond donors (Lipinski definition) is 0. The van der Waals surface area contributed by atoms with E-state index < -0.39 is 0 Å². The molecule has 0 spiro atoms. The summed E-state index contributed by atoms with van der Waals surface area (Å²) in [5, 5.41) is 13.6. The summed E-state index contributed by atoms with van der Waals surface area (Å²) in [6, 6.07) is 10.2. The van der Waals surface area contributed by atoms with Crippen LogP contribution < -0.4 is 0 Å². The fourth-order valence-corrected chi connectivity index (χ4v) is 4.73. The second kappa shape index (κ2) is 7.48. The van der Waals surface area contributed by atoms with E-state index in [4.69, 9.17) is 0 Å². The van der Waals surface area contributed by atoms with Gasteiger partial charge in [-0.05, 0) is 66.9 Å². The van der Waals surface area contributed by atoms with E-state index in [9.17, 15) is 4.79 Å². The quantitative estimate of drug-likeness (QED) is 0.520. The lowest BCUT2D eigenvalue weighted by atomic mass is 10.0. The fraction of sp³-hybridized carbons (Fsp3) is 0.348. The van der Waals surface area contributed by atoms with Gasteiger partial charge in [-0.3, -0.25) is 9.78 Å². The Hall–Kier alpha value is -3.35. The van der Waals surface area contributed by atoms with Crippen molar-refractivity contribution in [3.8, 4) is 0 Å². The molecule has 5 rings (SSSR count). The molecule has 4 aromatic rings. The normalized spacial score (nSPS) is 14.6. The third-order valence-corrected chi connectivity index (χ3v) is 6.07. The first-order valence-electron chi connectivity index (χ1n) is 10.4. The first kappa shape index (κ1) is 18.7. The zero-order valence-electron chi connectivity index (χ0n) is 17.2. The van der Waals surface area contributed by atoms with Crippen molar-refractivity contribution in [3.63, 3.8) is 0 Å². The van der Waals surface area contributed by atoms with Gasteiger partial charge in [0.1, 0.15) is 0 Å². The van der Waals surface area contributed by atoms with E-state index in [1.165, 1.54) is 5.56 Å². The summed E-state index contributed by atoms with van der Waals surface area (Å²) in [4.78, 5) is 19.5. The Morgan fingerprint density at radius 2 is 1.90 bits per heavy atom. The van der Waals surface area contributed by atoms with Crippen LogP contribution in [0.5, 0.6) is 0 Å². The van der Waals surface area contributed by atoms with Crippen LogP contribution in [-0.2, 0) is 6.54 Å². The molecule has 3 aromatic heterocycles. The zero-order valence-corrected chi connectivity index (χ0v) is 17.2. The van der Waals surface area contributed by atoms with Gasteiger partial charge in [0, 0.05) is 34.9 Å². The lowest BCUT2D eigenvalue weighted by Crippen LogP contribution is -2.38. The molecule has 1 aromatic carbocycles. The van der Waals surface area contributed by atoms with Gasteiger partial charge in [0.15, 0.2) is 5.65 Å². The minimum Gasteiger partial charge on any atom is -0.331 e. The van der Waals surface area contributed by atoms with Crippen LogP contribution in [0.2, 0.25) is 0 Å². The Kier molecular flexibility index (Phi) is 4.65. The average molecular weight is 400 g/mol. The Labute approximate surface area is 174 Å². The van der Waals surface area contributed by atoms with Crippen molar-refractivity contribution >= 4 is 22.5 Å². The molecule has 0 aliphatic heterocycles.